The van der Waals surface area contributed by atoms with Gasteiger partial charge in [-0.3, -0.25) is 0 Å². The number of para-hydroxylation sites is 1. The first kappa shape index (κ1) is 29.0. The Labute approximate surface area is 294 Å². The van der Waals surface area contributed by atoms with E-state index in [-0.39, 0.29) is 0 Å². The standard InChI is InChI=1S/C47H29N3O/c1-3-11-30(12-4-1)33-19-22-34(23-20-33)45-48-46(37-24-21-32-15-7-8-16-35(32)27-37)50-47(49-45)42-29-41-39-17-9-10-18-43(39)51-44(41)40-28-36(25-26-38(40)42)31-13-5-2-6-14-31/h1-29H. The van der Waals surface area contributed by atoms with E-state index in [4.69, 9.17) is 19.4 Å². The average molecular weight is 652 g/mol. The van der Waals surface area contributed by atoms with Crippen LogP contribution in [0.1, 0.15) is 0 Å². The van der Waals surface area contributed by atoms with Gasteiger partial charge in [-0.15, -0.1) is 0 Å². The molecule has 10 rings (SSSR count). The maximum absolute atomic E-state index is 6.57. The Kier molecular flexibility index (Phi) is 6.78. The highest BCUT2D eigenvalue weighted by molar-refractivity contribution is 6.19. The van der Waals surface area contributed by atoms with Crippen LogP contribution in [0.25, 0.3) is 99.9 Å². The Bertz CT molecular complexity index is 2900. The summed E-state index contributed by atoms with van der Waals surface area (Å²) < 4.78 is 6.57. The summed E-state index contributed by atoms with van der Waals surface area (Å²) in [6, 6.07) is 61.1. The van der Waals surface area contributed by atoms with Crippen LogP contribution >= 0.6 is 0 Å². The van der Waals surface area contributed by atoms with Crippen molar-refractivity contribution in [3.63, 3.8) is 0 Å². The van der Waals surface area contributed by atoms with Crippen molar-refractivity contribution < 1.29 is 4.42 Å². The molecule has 0 radical (unpaired) electrons. The molecule has 2 heterocycles. The van der Waals surface area contributed by atoms with Gasteiger partial charge in [0.2, 0.25) is 0 Å². The largest absolute Gasteiger partial charge is 0.455 e. The predicted molar refractivity (Wildman–Crippen MR) is 209 cm³/mol. The maximum Gasteiger partial charge on any atom is 0.164 e. The van der Waals surface area contributed by atoms with Crippen LogP contribution in [0.3, 0.4) is 0 Å². The molecule has 0 amide bonds. The van der Waals surface area contributed by atoms with Gasteiger partial charge >= 0.3 is 0 Å². The minimum Gasteiger partial charge on any atom is -0.455 e. The minimum atomic E-state index is 0.611. The minimum absolute atomic E-state index is 0.611. The lowest BCUT2D eigenvalue weighted by Gasteiger charge is -2.12. The molecule has 8 aromatic carbocycles. The van der Waals surface area contributed by atoms with Gasteiger partial charge in [-0.1, -0.05) is 152 Å². The molecule has 0 saturated carbocycles. The predicted octanol–water partition coefficient (Wildman–Crippen LogP) is 12.4. The molecule has 0 N–H and O–H groups in total. The molecule has 0 aliphatic carbocycles. The first-order valence-electron chi connectivity index (χ1n) is 17.1. The Morgan fingerprint density at radius 1 is 0.314 bits per heavy atom. The molecular formula is C47H29N3O. The number of furan rings is 1. The van der Waals surface area contributed by atoms with E-state index in [1.165, 1.54) is 10.9 Å². The third-order valence-electron chi connectivity index (χ3n) is 9.72. The van der Waals surface area contributed by atoms with Crippen LogP contribution in [-0.4, -0.2) is 15.0 Å². The van der Waals surface area contributed by atoms with Crippen molar-refractivity contribution in [2.24, 2.45) is 0 Å². The zero-order chi connectivity index (χ0) is 33.7. The third kappa shape index (κ3) is 5.13. The van der Waals surface area contributed by atoms with E-state index in [2.05, 4.69) is 152 Å². The first-order valence-corrected chi connectivity index (χ1v) is 17.1. The molecule has 0 fully saturated rings. The van der Waals surface area contributed by atoms with Crippen molar-refractivity contribution in [1.82, 2.24) is 15.0 Å². The van der Waals surface area contributed by atoms with Gasteiger partial charge in [0, 0.05) is 32.8 Å². The van der Waals surface area contributed by atoms with Crippen LogP contribution in [0.15, 0.2) is 180 Å². The van der Waals surface area contributed by atoms with E-state index in [1.807, 2.05) is 24.3 Å². The fraction of sp³-hybridized carbons (Fsp3) is 0. The van der Waals surface area contributed by atoms with Gasteiger partial charge in [0.15, 0.2) is 17.5 Å². The Hall–Kier alpha value is -6.91. The summed E-state index contributed by atoms with van der Waals surface area (Å²) in [6.45, 7) is 0. The monoisotopic (exact) mass is 651 g/mol. The lowest BCUT2D eigenvalue weighted by atomic mass is 9.95. The summed E-state index contributed by atoms with van der Waals surface area (Å²) in [6.07, 6.45) is 0. The Morgan fingerprint density at radius 2 is 0.863 bits per heavy atom. The molecule has 4 heteroatoms. The summed E-state index contributed by atoms with van der Waals surface area (Å²) in [7, 11) is 0. The second-order valence-electron chi connectivity index (χ2n) is 12.8. The number of hydrogen-bond acceptors (Lipinski definition) is 4. The molecule has 0 unspecified atom stereocenters. The van der Waals surface area contributed by atoms with Crippen LogP contribution in [-0.2, 0) is 0 Å². The second-order valence-corrected chi connectivity index (χ2v) is 12.8. The van der Waals surface area contributed by atoms with E-state index < -0.39 is 0 Å². The van der Waals surface area contributed by atoms with Crippen LogP contribution < -0.4 is 0 Å². The number of nitrogens with zero attached hydrogens (tertiary/aromatic N) is 3. The van der Waals surface area contributed by atoms with Crippen molar-refractivity contribution in [2.75, 3.05) is 0 Å². The molecule has 0 aliphatic rings. The molecule has 51 heavy (non-hydrogen) atoms. The van der Waals surface area contributed by atoms with Gasteiger partial charge < -0.3 is 4.42 Å². The lowest BCUT2D eigenvalue weighted by Crippen LogP contribution is -2.01. The molecular weight excluding hydrogens is 623 g/mol. The van der Waals surface area contributed by atoms with Crippen LogP contribution in [0.5, 0.6) is 0 Å². The third-order valence-corrected chi connectivity index (χ3v) is 9.72. The molecule has 0 aliphatic heterocycles. The number of aromatic nitrogens is 3. The van der Waals surface area contributed by atoms with Gasteiger partial charge in [0.1, 0.15) is 11.2 Å². The molecule has 0 bridgehead atoms. The summed E-state index contributed by atoms with van der Waals surface area (Å²) in [4.78, 5) is 15.5. The fourth-order valence-electron chi connectivity index (χ4n) is 7.12. The summed E-state index contributed by atoms with van der Waals surface area (Å²) in [5, 5.41) is 6.42. The second kappa shape index (κ2) is 11.9. The van der Waals surface area contributed by atoms with Gasteiger partial charge in [-0.05, 0) is 62.7 Å². The highest BCUT2D eigenvalue weighted by Crippen LogP contribution is 2.41. The van der Waals surface area contributed by atoms with Crippen LogP contribution in [0.4, 0.5) is 0 Å². The lowest BCUT2D eigenvalue weighted by molar-refractivity contribution is 0.672. The summed E-state index contributed by atoms with van der Waals surface area (Å²) in [5.74, 6) is 1.85. The Balaban J connectivity index is 1.23. The summed E-state index contributed by atoms with van der Waals surface area (Å²) in [5.41, 5.74) is 9.06. The van der Waals surface area contributed by atoms with Crippen molar-refractivity contribution in [2.45, 2.75) is 0 Å². The normalized spacial score (nSPS) is 11.5. The van der Waals surface area contributed by atoms with Crippen molar-refractivity contribution >= 4 is 43.5 Å². The molecule has 2 aromatic heterocycles. The topological polar surface area (TPSA) is 51.8 Å². The van der Waals surface area contributed by atoms with E-state index >= 15 is 0 Å². The SMILES string of the molecule is c1ccc(-c2ccc(-c3nc(-c4ccc5ccccc5c4)nc(-c4cc5c6ccccc6oc5c5cc(-c6ccccc6)ccc45)n3)cc2)cc1. The zero-order valence-electron chi connectivity index (χ0n) is 27.5. The number of fused-ring (bicyclic) bond motifs is 6. The first-order chi connectivity index (χ1) is 25.2. The number of rotatable bonds is 5. The van der Waals surface area contributed by atoms with Crippen molar-refractivity contribution in [1.29, 1.82) is 0 Å². The Morgan fingerprint density at radius 3 is 1.65 bits per heavy atom. The molecule has 0 atom stereocenters. The van der Waals surface area contributed by atoms with Crippen LogP contribution in [0.2, 0.25) is 0 Å². The van der Waals surface area contributed by atoms with Gasteiger partial charge in [-0.2, -0.15) is 0 Å². The molecule has 238 valence electrons. The molecule has 10 aromatic rings. The zero-order valence-corrected chi connectivity index (χ0v) is 27.5. The van der Waals surface area contributed by atoms with Gasteiger partial charge in [0.05, 0.1) is 0 Å². The van der Waals surface area contributed by atoms with Crippen LogP contribution in [0, 0.1) is 0 Å². The van der Waals surface area contributed by atoms with Crippen molar-refractivity contribution in [3.8, 4) is 56.4 Å². The molecule has 0 spiro atoms. The average Bonchev–Trinajstić information content (AvgIpc) is 3.60. The number of hydrogen-bond donors (Lipinski definition) is 0. The van der Waals surface area contributed by atoms with E-state index in [0.717, 1.165) is 71.5 Å². The number of benzene rings is 8. The maximum atomic E-state index is 6.57. The molecule has 0 saturated heterocycles. The van der Waals surface area contributed by atoms with E-state index in [1.54, 1.807) is 0 Å². The quantitative estimate of drug-likeness (QED) is 0.186. The van der Waals surface area contributed by atoms with E-state index in [0.29, 0.717) is 17.5 Å². The van der Waals surface area contributed by atoms with Gasteiger partial charge in [-0.25, -0.2) is 15.0 Å². The highest BCUT2D eigenvalue weighted by atomic mass is 16.3. The smallest absolute Gasteiger partial charge is 0.164 e. The molecule has 4 nitrogen and oxygen atoms in total. The summed E-state index contributed by atoms with van der Waals surface area (Å²) >= 11 is 0. The van der Waals surface area contributed by atoms with Crippen molar-refractivity contribution in [3.05, 3.63) is 176 Å². The van der Waals surface area contributed by atoms with Gasteiger partial charge in [0.25, 0.3) is 0 Å². The van der Waals surface area contributed by atoms with E-state index in [9.17, 15) is 0 Å². The fourth-order valence-corrected chi connectivity index (χ4v) is 7.12. The highest BCUT2D eigenvalue weighted by Gasteiger charge is 2.20.